The topological polar surface area (TPSA) is 106 Å². The van der Waals surface area contributed by atoms with Crippen molar-refractivity contribution in [1.29, 1.82) is 0 Å². The molecule has 0 spiro atoms. The number of nitrogens with one attached hydrogen (secondary N) is 2. The van der Waals surface area contributed by atoms with Gasteiger partial charge in [0.05, 0.1) is 19.9 Å². The number of hydrogen-bond acceptors (Lipinski definition) is 7. The third kappa shape index (κ3) is 7.44. The van der Waals surface area contributed by atoms with Crippen molar-refractivity contribution in [1.82, 2.24) is 10.7 Å². The number of ether oxygens (including phenoxy) is 2. The third-order valence-electron chi connectivity index (χ3n) is 4.17. The number of thiophene rings is 1. The van der Waals surface area contributed by atoms with E-state index in [1.807, 2.05) is 18.2 Å². The lowest BCUT2D eigenvalue weighted by atomic mass is 10.2. The number of hydrogen-bond donors (Lipinski definition) is 2. The van der Waals surface area contributed by atoms with Crippen LogP contribution in [0.5, 0.6) is 11.5 Å². The largest absolute Gasteiger partial charge is 0.496 e. The summed E-state index contributed by atoms with van der Waals surface area (Å²) in [4.78, 5) is 36.4. The van der Waals surface area contributed by atoms with Crippen molar-refractivity contribution in [2.75, 3.05) is 13.7 Å². The van der Waals surface area contributed by atoms with Crippen molar-refractivity contribution in [2.24, 2.45) is 5.10 Å². The van der Waals surface area contributed by atoms with Gasteiger partial charge in [-0.25, -0.2) is 10.2 Å². The van der Waals surface area contributed by atoms with E-state index >= 15 is 0 Å². The van der Waals surface area contributed by atoms with Crippen LogP contribution in [-0.2, 0) is 9.59 Å². The van der Waals surface area contributed by atoms with Gasteiger partial charge in [-0.2, -0.15) is 5.10 Å². The van der Waals surface area contributed by atoms with Gasteiger partial charge in [0.15, 0.2) is 0 Å². The minimum atomic E-state index is -0.495. The molecular formula is C24H21N3O5S. The molecule has 0 bridgehead atoms. The first-order chi connectivity index (χ1) is 16.0. The monoisotopic (exact) mass is 463 g/mol. The van der Waals surface area contributed by atoms with E-state index in [2.05, 4.69) is 15.8 Å². The van der Waals surface area contributed by atoms with Crippen LogP contribution in [0.3, 0.4) is 0 Å². The molecule has 3 rings (SSSR count). The molecule has 0 unspecified atom stereocenters. The number of rotatable bonds is 9. The summed E-state index contributed by atoms with van der Waals surface area (Å²) >= 11 is 1.29. The molecule has 168 valence electrons. The maximum atomic E-state index is 12.0. The second-order valence-corrected chi connectivity index (χ2v) is 7.47. The first-order valence-corrected chi connectivity index (χ1v) is 10.7. The lowest BCUT2D eigenvalue weighted by Crippen LogP contribution is -2.34. The molecule has 3 aromatic rings. The zero-order valence-electron chi connectivity index (χ0n) is 17.7. The first kappa shape index (κ1) is 23.4. The number of carbonyl (C=O) groups excluding carboxylic acids is 3. The fourth-order valence-corrected chi connectivity index (χ4v) is 3.22. The molecule has 8 nitrogen and oxygen atoms in total. The number of nitrogens with zero attached hydrogens (tertiary/aromatic N) is 1. The molecule has 0 aliphatic heterocycles. The molecule has 0 saturated carbocycles. The van der Waals surface area contributed by atoms with Crippen LogP contribution in [-0.4, -0.2) is 37.7 Å². The highest BCUT2D eigenvalue weighted by Crippen LogP contribution is 2.18. The minimum Gasteiger partial charge on any atom is -0.496 e. The maximum Gasteiger partial charge on any atom is 0.353 e. The van der Waals surface area contributed by atoms with Crippen molar-refractivity contribution in [3.63, 3.8) is 0 Å². The molecule has 0 atom stereocenters. The molecule has 0 radical (unpaired) electrons. The molecule has 2 N–H and O–H groups in total. The summed E-state index contributed by atoms with van der Waals surface area (Å²) in [6, 6.07) is 17.4. The molecule has 1 heterocycles. The average molecular weight is 464 g/mol. The Balaban J connectivity index is 1.45. The summed E-state index contributed by atoms with van der Waals surface area (Å²) in [5.41, 5.74) is 3.69. The highest BCUT2D eigenvalue weighted by atomic mass is 32.1. The van der Waals surface area contributed by atoms with Gasteiger partial charge >= 0.3 is 5.97 Å². The summed E-state index contributed by atoms with van der Waals surface area (Å²) in [6.45, 7) is -0.245. The Kier molecular flexibility index (Phi) is 8.49. The molecule has 1 aromatic heterocycles. The van der Waals surface area contributed by atoms with Gasteiger partial charge in [0, 0.05) is 11.6 Å². The van der Waals surface area contributed by atoms with Crippen LogP contribution in [0.2, 0.25) is 0 Å². The van der Waals surface area contributed by atoms with Crippen LogP contribution in [0.4, 0.5) is 0 Å². The summed E-state index contributed by atoms with van der Waals surface area (Å²) in [5, 5.41) is 8.12. The van der Waals surface area contributed by atoms with Gasteiger partial charge in [-0.15, -0.1) is 11.3 Å². The molecular weight excluding hydrogens is 442 g/mol. The van der Waals surface area contributed by atoms with Crippen molar-refractivity contribution in [3.8, 4) is 11.5 Å². The van der Waals surface area contributed by atoms with E-state index in [-0.39, 0.29) is 6.54 Å². The summed E-state index contributed by atoms with van der Waals surface area (Å²) in [7, 11) is 1.55. The quantitative estimate of drug-likeness (QED) is 0.167. The van der Waals surface area contributed by atoms with Gasteiger partial charge in [0.1, 0.15) is 16.4 Å². The Morgan fingerprint density at radius 1 is 1.06 bits per heavy atom. The highest BCUT2D eigenvalue weighted by Gasteiger charge is 2.09. The number of carbonyl (C=O) groups is 3. The number of hydrazone groups is 1. The molecule has 0 saturated heterocycles. The van der Waals surface area contributed by atoms with E-state index in [0.29, 0.717) is 21.9 Å². The molecule has 2 aromatic carbocycles. The predicted octanol–water partition coefficient (Wildman–Crippen LogP) is 3.26. The Morgan fingerprint density at radius 3 is 2.70 bits per heavy atom. The van der Waals surface area contributed by atoms with Gasteiger partial charge in [0.25, 0.3) is 5.91 Å². The van der Waals surface area contributed by atoms with E-state index < -0.39 is 17.8 Å². The number of para-hydroxylation sites is 1. The lowest BCUT2D eigenvalue weighted by molar-refractivity contribution is -0.123. The van der Waals surface area contributed by atoms with Gasteiger partial charge in [-0.3, -0.25) is 9.59 Å². The lowest BCUT2D eigenvalue weighted by Gasteiger charge is -2.04. The highest BCUT2D eigenvalue weighted by molar-refractivity contribution is 7.12. The summed E-state index contributed by atoms with van der Waals surface area (Å²) < 4.78 is 10.5. The normalized spacial score (nSPS) is 10.8. The van der Waals surface area contributed by atoms with Crippen molar-refractivity contribution in [3.05, 3.63) is 88.1 Å². The van der Waals surface area contributed by atoms with E-state index in [1.54, 1.807) is 61.0 Å². The van der Waals surface area contributed by atoms with Crippen molar-refractivity contribution < 1.29 is 23.9 Å². The Morgan fingerprint density at radius 2 is 1.91 bits per heavy atom. The third-order valence-corrected chi connectivity index (χ3v) is 5.02. The molecule has 0 fully saturated rings. The zero-order chi connectivity index (χ0) is 23.5. The second-order valence-electron chi connectivity index (χ2n) is 6.53. The van der Waals surface area contributed by atoms with Crippen LogP contribution in [0.1, 0.15) is 20.8 Å². The fourth-order valence-electron chi connectivity index (χ4n) is 2.62. The molecule has 2 amide bonds. The SMILES string of the molecule is COc1ccccc1/C=C/C(=O)NCC(=O)N/N=C\c1cccc(OC(=O)c2cccs2)c1. The summed E-state index contributed by atoms with van der Waals surface area (Å²) in [5.74, 6) is -0.370. The standard InChI is InChI=1S/C24H21N3O5S/c1-31-20-9-3-2-7-18(20)11-12-22(28)25-16-23(29)27-26-15-17-6-4-8-19(14-17)32-24(30)21-10-5-13-33-21/h2-15H,16H2,1H3,(H,25,28)(H,27,29)/b12-11+,26-15-. The second kappa shape index (κ2) is 12.0. The molecule has 0 aliphatic rings. The first-order valence-electron chi connectivity index (χ1n) is 9.82. The van der Waals surface area contributed by atoms with Gasteiger partial charge < -0.3 is 14.8 Å². The van der Waals surface area contributed by atoms with Crippen molar-refractivity contribution >= 4 is 41.4 Å². The minimum absolute atomic E-state index is 0.245. The van der Waals surface area contributed by atoms with E-state index in [9.17, 15) is 14.4 Å². The number of amides is 2. The van der Waals surface area contributed by atoms with E-state index in [0.717, 1.165) is 5.56 Å². The molecule has 33 heavy (non-hydrogen) atoms. The van der Waals surface area contributed by atoms with Gasteiger partial charge in [-0.1, -0.05) is 36.4 Å². The van der Waals surface area contributed by atoms with Crippen LogP contribution >= 0.6 is 11.3 Å². The van der Waals surface area contributed by atoms with Crippen LogP contribution in [0, 0.1) is 0 Å². The van der Waals surface area contributed by atoms with Gasteiger partial charge in [-0.05, 0) is 41.3 Å². The molecule has 0 aliphatic carbocycles. The summed E-state index contributed by atoms with van der Waals surface area (Å²) in [6.07, 6.45) is 4.32. The van der Waals surface area contributed by atoms with E-state index in [1.165, 1.54) is 23.6 Å². The van der Waals surface area contributed by atoms with Crippen LogP contribution in [0.25, 0.3) is 6.08 Å². The Bertz CT molecular complexity index is 1170. The van der Waals surface area contributed by atoms with Crippen LogP contribution < -0.4 is 20.2 Å². The zero-order valence-corrected chi connectivity index (χ0v) is 18.5. The fraction of sp³-hybridized carbons (Fsp3) is 0.0833. The smallest absolute Gasteiger partial charge is 0.353 e. The molecule has 9 heteroatoms. The van der Waals surface area contributed by atoms with Crippen molar-refractivity contribution in [2.45, 2.75) is 0 Å². The van der Waals surface area contributed by atoms with E-state index in [4.69, 9.17) is 9.47 Å². The number of methoxy groups -OCH3 is 1. The number of esters is 1. The predicted molar refractivity (Wildman–Crippen MR) is 126 cm³/mol. The number of benzene rings is 2. The van der Waals surface area contributed by atoms with Gasteiger partial charge in [0.2, 0.25) is 5.91 Å². The Hall–Kier alpha value is -4.24. The average Bonchev–Trinajstić information content (AvgIpc) is 3.37. The maximum absolute atomic E-state index is 12.0. The Labute approximate surface area is 194 Å². The van der Waals surface area contributed by atoms with Crippen LogP contribution in [0.15, 0.2) is 77.2 Å².